The highest BCUT2D eigenvalue weighted by Crippen LogP contribution is 2.23. The first-order chi connectivity index (χ1) is 13.7. The predicted molar refractivity (Wildman–Crippen MR) is 105 cm³/mol. The molecule has 1 aromatic carbocycles. The van der Waals surface area contributed by atoms with Gasteiger partial charge in [-0.2, -0.15) is 0 Å². The first-order valence-corrected chi connectivity index (χ1v) is 9.87. The van der Waals surface area contributed by atoms with Crippen molar-refractivity contribution in [3.8, 4) is 5.75 Å². The van der Waals surface area contributed by atoms with Crippen LogP contribution in [0.1, 0.15) is 28.9 Å². The molecule has 1 fully saturated rings. The molecular formula is C22H25N3O3. The van der Waals surface area contributed by atoms with Gasteiger partial charge in [0, 0.05) is 43.9 Å². The molecule has 146 valence electrons. The summed E-state index contributed by atoms with van der Waals surface area (Å²) in [6.45, 7) is 3.53. The van der Waals surface area contributed by atoms with Crippen LogP contribution in [0.25, 0.3) is 0 Å². The molecule has 2 aliphatic rings. The van der Waals surface area contributed by atoms with Gasteiger partial charge in [-0.1, -0.05) is 24.3 Å². The zero-order valence-electron chi connectivity index (χ0n) is 15.9. The predicted octanol–water partition coefficient (Wildman–Crippen LogP) is 2.40. The van der Waals surface area contributed by atoms with Crippen LogP contribution in [0.2, 0.25) is 0 Å². The van der Waals surface area contributed by atoms with Crippen molar-refractivity contribution in [2.24, 2.45) is 5.92 Å². The molecule has 3 heterocycles. The fourth-order valence-corrected chi connectivity index (χ4v) is 3.94. The van der Waals surface area contributed by atoms with Crippen molar-refractivity contribution >= 4 is 11.7 Å². The van der Waals surface area contributed by atoms with E-state index in [0.29, 0.717) is 45.0 Å². The van der Waals surface area contributed by atoms with E-state index in [1.54, 1.807) is 18.3 Å². The quantitative estimate of drug-likeness (QED) is 0.764. The van der Waals surface area contributed by atoms with E-state index in [0.717, 1.165) is 24.2 Å². The molecule has 0 aliphatic carbocycles. The van der Waals surface area contributed by atoms with Gasteiger partial charge in [-0.05, 0) is 31.0 Å². The second-order valence-electron chi connectivity index (χ2n) is 7.42. The second-order valence-corrected chi connectivity index (χ2v) is 7.42. The Bertz CT molecular complexity index is 840. The minimum atomic E-state index is -0.166. The number of carbonyl (C=O) groups excluding carboxylic acids is 2. The van der Waals surface area contributed by atoms with Gasteiger partial charge in [0.05, 0.1) is 6.54 Å². The summed E-state index contributed by atoms with van der Waals surface area (Å²) in [5.41, 5.74) is 1.60. The van der Waals surface area contributed by atoms with E-state index in [4.69, 9.17) is 4.74 Å². The van der Waals surface area contributed by atoms with E-state index in [1.165, 1.54) is 0 Å². The summed E-state index contributed by atoms with van der Waals surface area (Å²) in [4.78, 5) is 33.8. The number of piperidine rings is 1. The maximum atomic E-state index is 12.9. The Morgan fingerprint density at radius 3 is 2.82 bits per heavy atom. The lowest BCUT2D eigenvalue weighted by atomic mass is 9.92. The Balaban J connectivity index is 1.37. The third-order valence-corrected chi connectivity index (χ3v) is 5.45. The number of fused-ring (bicyclic) bond motifs is 1. The highest BCUT2D eigenvalue weighted by atomic mass is 16.5. The number of carbonyl (C=O) groups is 2. The van der Waals surface area contributed by atoms with Gasteiger partial charge >= 0.3 is 0 Å². The van der Waals surface area contributed by atoms with Crippen molar-refractivity contribution in [2.75, 3.05) is 32.8 Å². The number of ketones is 1. The number of rotatable bonds is 4. The van der Waals surface area contributed by atoms with Gasteiger partial charge in [-0.3, -0.25) is 19.5 Å². The van der Waals surface area contributed by atoms with Gasteiger partial charge in [0.15, 0.2) is 5.78 Å². The fourth-order valence-electron chi connectivity index (χ4n) is 3.94. The van der Waals surface area contributed by atoms with E-state index in [9.17, 15) is 9.59 Å². The summed E-state index contributed by atoms with van der Waals surface area (Å²) >= 11 is 0. The number of pyridine rings is 1. The number of para-hydroxylation sites is 1. The average Bonchev–Trinajstić information content (AvgIpc) is 2.95. The van der Waals surface area contributed by atoms with Crippen LogP contribution in [0, 0.1) is 5.92 Å². The number of hydrogen-bond donors (Lipinski definition) is 0. The lowest BCUT2D eigenvalue weighted by molar-refractivity contribution is -0.134. The van der Waals surface area contributed by atoms with Crippen LogP contribution in [0.15, 0.2) is 48.7 Å². The van der Waals surface area contributed by atoms with Gasteiger partial charge in [-0.25, -0.2) is 0 Å². The zero-order chi connectivity index (χ0) is 19.3. The van der Waals surface area contributed by atoms with Crippen molar-refractivity contribution in [2.45, 2.75) is 19.4 Å². The van der Waals surface area contributed by atoms with Crippen LogP contribution >= 0.6 is 0 Å². The topological polar surface area (TPSA) is 62.7 Å². The number of nitrogens with zero attached hydrogens (tertiary/aromatic N) is 3. The van der Waals surface area contributed by atoms with Crippen LogP contribution in [-0.4, -0.2) is 59.3 Å². The SMILES string of the molecule is O=C(c1ccccn1)C1CCCN(C(=O)CN2CCOc3ccccc3C2)C1. The number of aromatic nitrogens is 1. The molecule has 2 aliphatic heterocycles. The Morgan fingerprint density at radius 1 is 1.11 bits per heavy atom. The van der Waals surface area contributed by atoms with Crippen molar-refractivity contribution in [3.05, 3.63) is 59.9 Å². The molecule has 1 aromatic heterocycles. The summed E-state index contributed by atoms with van der Waals surface area (Å²) in [7, 11) is 0. The minimum absolute atomic E-state index is 0.0372. The first-order valence-electron chi connectivity index (χ1n) is 9.87. The van der Waals surface area contributed by atoms with Gasteiger partial charge in [-0.15, -0.1) is 0 Å². The molecule has 1 amide bonds. The Morgan fingerprint density at radius 2 is 1.96 bits per heavy atom. The monoisotopic (exact) mass is 379 g/mol. The highest BCUT2D eigenvalue weighted by Gasteiger charge is 2.30. The molecular weight excluding hydrogens is 354 g/mol. The van der Waals surface area contributed by atoms with Crippen LogP contribution in [0.4, 0.5) is 0 Å². The molecule has 0 bridgehead atoms. The molecule has 0 N–H and O–H groups in total. The molecule has 0 spiro atoms. The largest absolute Gasteiger partial charge is 0.492 e. The van der Waals surface area contributed by atoms with E-state index in [2.05, 4.69) is 9.88 Å². The molecule has 1 atom stereocenters. The van der Waals surface area contributed by atoms with Crippen LogP contribution < -0.4 is 4.74 Å². The maximum absolute atomic E-state index is 12.9. The smallest absolute Gasteiger partial charge is 0.236 e. The van der Waals surface area contributed by atoms with Gasteiger partial charge in [0.1, 0.15) is 18.1 Å². The molecule has 6 heteroatoms. The number of benzene rings is 1. The third kappa shape index (κ3) is 4.22. The molecule has 28 heavy (non-hydrogen) atoms. The summed E-state index contributed by atoms with van der Waals surface area (Å²) in [5, 5.41) is 0. The summed E-state index contributed by atoms with van der Waals surface area (Å²) < 4.78 is 5.79. The number of amides is 1. The Hall–Kier alpha value is -2.73. The van der Waals surface area contributed by atoms with Crippen molar-refractivity contribution in [1.82, 2.24) is 14.8 Å². The van der Waals surface area contributed by atoms with Crippen molar-refractivity contribution < 1.29 is 14.3 Å². The molecule has 1 saturated heterocycles. The average molecular weight is 379 g/mol. The van der Waals surface area contributed by atoms with Gasteiger partial charge in [0.2, 0.25) is 5.91 Å². The molecule has 0 saturated carbocycles. The summed E-state index contributed by atoms with van der Waals surface area (Å²) in [6.07, 6.45) is 3.29. The zero-order valence-corrected chi connectivity index (χ0v) is 15.9. The normalized spacial score (nSPS) is 20.0. The van der Waals surface area contributed by atoms with E-state index >= 15 is 0 Å². The Labute approximate surface area is 165 Å². The van der Waals surface area contributed by atoms with Crippen molar-refractivity contribution in [1.29, 1.82) is 0 Å². The summed E-state index contributed by atoms with van der Waals surface area (Å²) in [5.74, 6) is 0.852. The van der Waals surface area contributed by atoms with E-state index in [-0.39, 0.29) is 17.6 Å². The van der Waals surface area contributed by atoms with E-state index < -0.39 is 0 Å². The maximum Gasteiger partial charge on any atom is 0.236 e. The van der Waals surface area contributed by atoms with Crippen LogP contribution in [0.5, 0.6) is 5.75 Å². The fraction of sp³-hybridized carbons (Fsp3) is 0.409. The minimum Gasteiger partial charge on any atom is -0.492 e. The Kier molecular flexibility index (Phi) is 5.67. The molecule has 4 rings (SSSR count). The molecule has 2 aromatic rings. The number of hydrogen-bond acceptors (Lipinski definition) is 5. The molecule has 0 radical (unpaired) electrons. The lowest BCUT2D eigenvalue weighted by Gasteiger charge is -2.33. The number of ether oxygens (including phenoxy) is 1. The van der Waals surface area contributed by atoms with Gasteiger partial charge in [0.25, 0.3) is 0 Å². The number of likely N-dealkylation sites (tertiary alicyclic amines) is 1. The van der Waals surface area contributed by atoms with Gasteiger partial charge < -0.3 is 9.64 Å². The lowest BCUT2D eigenvalue weighted by Crippen LogP contribution is -2.46. The summed E-state index contributed by atoms with van der Waals surface area (Å²) in [6, 6.07) is 13.3. The van der Waals surface area contributed by atoms with Crippen LogP contribution in [0.3, 0.4) is 0 Å². The molecule has 6 nitrogen and oxygen atoms in total. The van der Waals surface area contributed by atoms with Crippen molar-refractivity contribution in [3.63, 3.8) is 0 Å². The first kappa shape index (κ1) is 18.6. The third-order valence-electron chi connectivity index (χ3n) is 5.45. The molecule has 1 unspecified atom stereocenters. The van der Waals surface area contributed by atoms with E-state index in [1.807, 2.05) is 35.2 Å². The van der Waals surface area contributed by atoms with Crippen LogP contribution in [-0.2, 0) is 11.3 Å². The second kappa shape index (κ2) is 8.52. The highest BCUT2D eigenvalue weighted by molar-refractivity contribution is 5.96. The number of Topliss-reactive ketones (excluding diaryl/α,β-unsaturated/α-hetero) is 1. The standard InChI is InChI=1S/C22H25N3O3/c26-21(16-24-12-13-28-20-9-2-1-6-17(20)14-24)25-11-5-7-18(15-25)22(27)19-8-3-4-10-23-19/h1-4,6,8-10,18H,5,7,11-16H2.